The van der Waals surface area contributed by atoms with Crippen molar-refractivity contribution in [3.8, 4) is 0 Å². The fraction of sp³-hybridized carbons (Fsp3) is 0.444. The fourth-order valence-electron chi connectivity index (χ4n) is 1.62. The van der Waals surface area contributed by atoms with Crippen molar-refractivity contribution in [3.05, 3.63) is 18.1 Å². The first-order valence-corrected chi connectivity index (χ1v) is 4.98. The molecule has 3 heterocycles. The molecule has 2 aromatic heterocycles. The number of imidazole rings is 1. The average Bonchev–Trinajstić information content (AvgIpc) is 3.01. The summed E-state index contributed by atoms with van der Waals surface area (Å²) in [4.78, 5) is 10.9. The molecule has 0 saturated carbocycles. The van der Waals surface area contributed by atoms with Crippen LogP contribution in [0.15, 0.2) is 12.7 Å². The molecule has 0 spiro atoms. The van der Waals surface area contributed by atoms with Gasteiger partial charge in [0.25, 0.3) is 0 Å². The first-order valence-electron chi connectivity index (χ1n) is 4.98. The van der Waals surface area contributed by atoms with Crippen LogP contribution < -0.4 is 5.49 Å². The van der Waals surface area contributed by atoms with Crippen LogP contribution in [0, 0.1) is 5.41 Å². The molecule has 2 unspecified atom stereocenters. The Morgan fingerprint density at radius 1 is 1.69 bits per heavy atom. The van der Waals surface area contributed by atoms with Crippen molar-refractivity contribution in [1.82, 2.24) is 19.5 Å². The van der Waals surface area contributed by atoms with Gasteiger partial charge in [-0.1, -0.05) is 0 Å². The van der Waals surface area contributed by atoms with Gasteiger partial charge in [-0.3, -0.25) is 5.41 Å². The van der Waals surface area contributed by atoms with Gasteiger partial charge in [-0.25, -0.2) is 9.97 Å². The van der Waals surface area contributed by atoms with Gasteiger partial charge in [-0.15, -0.1) is 0 Å². The highest BCUT2D eigenvalue weighted by Crippen LogP contribution is 2.14. The second-order valence-electron chi connectivity index (χ2n) is 3.79. The van der Waals surface area contributed by atoms with Crippen LogP contribution in [0.25, 0.3) is 11.2 Å². The summed E-state index contributed by atoms with van der Waals surface area (Å²) < 4.78 is 6.57. The third-order valence-corrected chi connectivity index (χ3v) is 2.63. The van der Waals surface area contributed by atoms with E-state index in [1.165, 1.54) is 12.7 Å². The van der Waals surface area contributed by atoms with Crippen molar-refractivity contribution in [1.29, 1.82) is 5.41 Å². The lowest BCUT2D eigenvalue weighted by Gasteiger charge is -2.10. The number of ether oxygens (including phenoxy) is 1. The summed E-state index contributed by atoms with van der Waals surface area (Å²) in [7, 11) is 0. The van der Waals surface area contributed by atoms with Gasteiger partial charge in [-0.05, 0) is 0 Å². The van der Waals surface area contributed by atoms with Crippen molar-refractivity contribution in [2.24, 2.45) is 0 Å². The molecule has 84 valence electrons. The first kappa shape index (κ1) is 9.49. The smallest absolute Gasteiger partial charge is 0.182 e. The summed E-state index contributed by atoms with van der Waals surface area (Å²) in [5.74, 6) is 0. The molecule has 1 saturated heterocycles. The summed E-state index contributed by atoms with van der Waals surface area (Å²) >= 11 is 0. The Balaban J connectivity index is 1.96. The minimum absolute atomic E-state index is 0.0932. The number of hydrogen-bond donors (Lipinski definition) is 3. The summed E-state index contributed by atoms with van der Waals surface area (Å²) in [5, 5.41) is 17.6. The maximum atomic E-state index is 9.71. The normalized spacial score (nSPS) is 21.2. The van der Waals surface area contributed by atoms with Crippen LogP contribution in [-0.2, 0) is 11.3 Å². The Morgan fingerprint density at radius 2 is 2.50 bits per heavy atom. The Labute approximate surface area is 90.2 Å². The minimum Gasteiger partial charge on any atom is -0.388 e. The molecule has 16 heavy (non-hydrogen) atoms. The SMILES string of the molecule is N=c1c2[nH]cnc2ncn1CC(O)C1CO1. The topological polar surface area (TPSA) is 103 Å². The first-order chi connectivity index (χ1) is 7.75. The molecule has 0 amide bonds. The van der Waals surface area contributed by atoms with Gasteiger partial charge in [-0.2, -0.15) is 0 Å². The largest absolute Gasteiger partial charge is 0.388 e. The molecular weight excluding hydrogens is 210 g/mol. The highest BCUT2D eigenvalue weighted by Gasteiger charge is 2.31. The number of aliphatic hydroxyl groups is 1. The van der Waals surface area contributed by atoms with Crippen molar-refractivity contribution < 1.29 is 9.84 Å². The zero-order chi connectivity index (χ0) is 11.1. The molecule has 7 heteroatoms. The molecule has 0 aliphatic carbocycles. The molecule has 3 rings (SSSR count). The van der Waals surface area contributed by atoms with Crippen LogP contribution in [0.5, 0.6) is 0 Å². The number of aromatic amines is 1. The van der Waals surface area contributed by atoms with Crippen LogP contribution >= 0.6 is 0 Å². The maximum Gasteiger partial charge on any atom is 0.182 e. The van der Waals surface area contributed by atoms with Crippen molar-refractivity contribution in [2.75, 3.05) is 6.61 Å². The number of nitrogens with zero attached hydrogens (tertiary/aromatic N) is 3. The Bertz CT molecular complexity index is 571. The number of epoxide rings is 1. The number of aliphatic hydroxyl groups excluding tert-OH is 1. The van der Waals surface area contributed by atoms with Crippen LogP contribution in [-0.4, -0.2) is 43.4 Å². The van der Waals surface area contributed by atoms with Crippen molar-refractivity contribution >= 4 is 11.2 Å². The second-order valence-corrected chi connectivity index (χ2v) is 3.79. The van der Waals surface area contributed by atoms with Gasteiger partial charge in [0.15, 0.2) is 11.1 Å². The van der Waals surface area contributed by atoms with Crippen LogP contribution in [0.3, 0.4) is 0 Å². The van der Waals surface area contributed by atoms with E-state index in [-0.39, 0.29) is 11.6 Å². The number of hydrogen-bond acceptors (Lipinski definition) is 5. The fourth-order valence-corrected chi connectivity index (χ4v) is 1.62. The predicted molar refractivity (Wildman–Crippen MR) is 53.5 cm³/mol. The molecule has 0 aromatic carbocycles. The van der Waals surface area contributed by atoms with E-state index in [9.17, 15) is 5.11 Å². The van der Waals surface area contributed by atoms with E-state index < -0.39 is 6.10 Å². The van der Waals surface area contributed by atoms with Crippen LogP contribution in [0.1, 0.15) is 0 Å². The van der Waals surface area contributed by atoms with E-state index in [0.717, 1.165) is 0 Å². The number of aromatic nitrogens is 4. The van der Waals surface area contributed by atoms with Gasteiger partial charge in [0, 0.05) is 0 Å². The highest BCUT2D eigenvalue weighted by molar-refractivity contribution is 5.67. The zero-order valence-electron chi connectivity index (χ0n) is 8.42. The number of rotatable bonds is 3. The predicted octanol–water partition coefficient (Wildman–Crippen LogP) is -1.00. The van der Waals surface area contributed by atoms with E-state index >= 15 is 0 Å². The number of H-pyrrole nitrogens is 1. The van der Waals surface area contributed by atoms with Crippen molar-refractivity contribution in [3.63, 3.8) is 0 Å². The Morgan fingerprint density at radius 3 is 3.25 bits per heavy atom. The van der Waals surface area contributed by atoms with Crippen LogP contribution in [0.4, 0.5) is 0 Å². The summed E-state index contributed by atoms with van der Waals surface area (Å²) in [6.45, 7) is 0.903. The molecule has 3 N–H and O–H groups in total. The van der Waals surface area contributed by atoms with E-state index in [0.29, 0.717) is 24.3 Å². The van der Waals surface area contributed by atoms with E-state index in [1.54, 1.807) is 4.57 Å². The van der Waals surface area contributed by atoms with Crippen LogP contribution in [0.2, 0.25) is 0 Å². The summed E-state index contributed by atoms with van der Waals surface area (Å²) in [5.41, 5.74) is 1.35. The second kappa shape index (κ2) is 3.39. The maximum absolute atomic E-state index is 9.71. The quantitative estimate of drug-likeness (QED) is 0.578. The Hall–Kier alpha value is -1.73. The lowest BCUT2D eigenvalue weighted by Crippen LogP contribution is -2.30. The Kier molecular flexibility index (Phi) is 2.01. The molecule has 7 nitrogen and oxygen atoms in total. The van der Waals surface area contributed by atoms with Gasteiger partial charge < -0.3 is 19.4 Å². The molecule has 2 atom stereocenters. The lowest BCUT2D eigenvalue weighted by molar-refractivity contribution is 0.116. The molecule has 0 radical (unpaired) electrons. The minimum atomic E-state index is -0.587. The molecule has 1 aliphatic heterocycles. The van der Waals surface area contributed by atoms with Gasteiger partial charge in [0.05, 0.1) is 25.8 Å². The van der Waals surface area contributed by atoms with Gasteiger partial charge >= 0.3 is 0 Å². The average molecular weight is 221 g/mol. The molecule has 2 aromatic rings. The zero-order valence-corrected chi connectivity index (χ0v) is 8.42. The van der Waals surface area contributed by atoms with Crippen molar-refractivity contribution in [2.45, 2.75) is 18.8 Å². The van der Waals surface area contributed by atoms with Gasteiger partial charge in [0.1, 0.15) is 17.7 Å². The summed E-state index contributed by atoms with van der Waals surface area (Å²) in [6, 6.07) is 0. The van der Waals surface area contributed by atoms with E-state index in [4.69, 9.17) is 10.1 Å². The third-order valence-electron chi connectivity index (χ3n) is 2.63. The monoisotopic (exact) mass is 221 g/mol. The third kappa shape index (κ3) is 1.50. The summed E-state index contributed by atoms with van der Waals surface area (Å²) in [6.07, 6.45) is 2.33. The molecule has 1 aliphatic rings. The van der Waals surface area contributed by atoms with E-state index in [2.05, 4.69) is 15.0 Å². The standard InChI is InChI=1S/C9H11N5O2/c10-8-7-9(12-3-11-7)13-4-14(8)1-5(15)6-2-16-6/h3-6,10,15H,1-2H2,(H,11,12). The van der Waals surface area contributed by atoms with Gasteiger partial charge in [0.2, 0.25) is 0 Å². The molecule has 1 fully saturated rings. The van der Waals surface area contributed by atoms with E-state index in [1.807, 2.05) is 0 Å². The molecular formula is C9H11N5O2. The highest BCUT2D eigenvalue weighted by atomic mass is 16.6. The number of fused-ring (bicyclic) bond motifs is 1. The number of nitrogens with one attached hydrogen (secondary N) is 2. The molecule has 0 bridgehead atoms. The lowest BCUT2D eigenvalue weighted by atomic mass is 10.2.